The van der Waals surface area contributed by atoms with Crippen molar-refractivity contribution in [1.29, 1.82) is 0 Å². The Morgan fingerprint density at radius 2 is 1.96 bits per heavy atom. The number of ether oxygens (including phenoxy) is 1. The van der Waals surface area contributed by atoms with Gasteiger partial charge in [-0.05, 0) is 28.9 Å². The normalized spacial score (nSPS) is 20.7. The van der Waals surface area contributed by atoms with Crippen molar-refractivity contribution in [2.24, 2.45) is 5.41 Å². The van der Waals surface area contributed by atoms with Crippen LogP contribution in [0, 0.1) is 5.41 Å². The standard InChI is InChI=1S/C21H23NO4/c1-20(2,10-13-23)21(26-3,19(24)25)16-9-12-22-11-8-15-6-4-5-7-17(15)18(22)14-16/h4-9,11-14,18H,10H2,1-3H3,(H,24,25). The number of methoxy groups -OCH3 is 1. The highest BCUT2D eigenvalue weighted by atomic mass is 16.5. The molecule has 2 heterocycles. The number of aldehydes is 1. The maximum Gasteiger partial charge on any atom is 0.341 e. The molecule has 0 fully saturated rings. The van der Waals surface area contributed by atoms with Crippen molar-refractivity contribution in [1.82, 2.24) is 4.90 Å². The van der Waals surface area contributed by atoms with Crippen LogP contribution < -0.4 is 0 Å². The van der Waals surface area contributed by atoms with Gasteiger partial charge in [0.1, 0.15) is 6.29 Å². The molecule has 1 aromatic rings. The Balaban J connectivity index is 2.14. The van der Waals surface area contributed by atoms with Crippen LogP contribution in [-0.4, -0.2) is 35.0 Å². The summed E-state index contributed by atoms with van der Waals surface area (Å²) < 4.78 is 5.61. The molecule has 0 aliphatic carbocycles. The van der Waals surface area contributed by atoms with Crippen LogP contribution >= 0.6 is 0 Å². The number of benzene rings is 1. The van der Waals surface area contributed by atoms with E-state index in [1.54, 1.807) is 19.9 Å². The van der Waals surface area contributed by atoms with E-state index in [2.05, 4.69) is 0 Å². The second-order valence-electron chi connectivity index (χ2n) is 7.22. The van der Waals surface area contributed by atoms with E-state index in [1.165, 1.54) is 7.11 Å². The molecule has 136 valence electrons. The molecule has 1 aromatic carbocycles. The van der Waals surface area contributed by atoms with E-state index < -0.39 is 17.0 Å². The highest BCUT2D eigenvalue weighted by Gasteiger charge is 2.54. The number of carbonyl (C=O) groups is 2. The van der Waals surface area contributed by atoms with E-state index in [1.807, 2.05) is 53.7 Å². The fourth-order valence-electron chi connectivity index (χ4n) is 3.93. The molecular formula is C21H23NO4. The molecular weight excluding hydrogens is 330 g/mol. The summed E-state index contributed by atoms with van der Waals surface area (Å²) in [7, 11) is 1.39. The summed E-state index contributed by atoms with van der Waals surface area (Å²) in [6, 6.07) is 7.91. The zero-order valence-corrected chi connectivity index (χ0v) is 15.2. The maximum atomic E-state index is 12.3. The lowest BCUT2D eigenvalue weighted by atomic mass is 9.67. The van der Waals surface area contributed by atoms with Gasteiger partial charge in [0.2, 0.25) is 0 Å². The fourth-order valence-corrected chi connectivity index (χ4v) is 3.93. The van der Waals surface area contributed by atoms with Crippen molar-refractivity contribution in [3.63, 3.8) is 0 Å². The second kappa shape index (κ2) is 6.57. The predicted octanol–water partition coefficient (Wildman–Crippen LogP) is 3.55. The van der Waals surface area contributed by atoms with Crippen LogP contribution in [0.25, 0.3) is 6.08 Å². The van der Waals surface area contributed by atoms with Crippen LogP contribution in [0.4, 0.5) is 0 Å². The van der Waals surface area contributed by atoms with E-state index in [9.17, 15) is 14.7 Å². The highest BCUT2D eigenvalue weighted by molar-refractivity contribution is 5.85. The highest BCUT2D eigenvalue weighted by Crippen LogP contribution is 2.46. The number of aliphatic carboxylic acids is 1. The van der Waals surface area contributed by atoms with Crippen molar-refractivity contribution < 1.29 is 19.4 Å². The lowest BCUT2D eigenvalue weighted by molar-refractivity contribution is -0.171. The molecule has 0 saturated heterocycles. The summed E-state index contributed by atoms with van der Waals surface area (Å²) in [5.41, 5.74) is 0.209. The molecule has 2 unspecified atom stereocenters. The number of hydrogen-bond donors (Lipinski definition) is 1. The Hall–Kier alpha value is -2.66. The quantitative estimate of drug-likeness (QED) is 0.792. The van der Waals surface area contributed by atoms with Gasteiger partial charge in [0.05, 0.1) is 6.04 Å². The van der Waals surface area contributed by atoms with Crippen molar-refractivity contribution in [3.05, 3.63) is 65.5 Å². The van der Waals surface area contributed by atoms with E-state index in [-0.39, 0.29) is 12.5 Å². The van der Waals surface area contributed by atoms with Gasteiger partial charge in [0.25, 0.3) is 0 Å². The lowest BCUT2D eigenvalue weighted by Crippen LogP contribution is -2.55. The number of rotatable bonds is 6. The lowest BCUT2D eigenvalue weighted by Gasteiger charge is -2.44. The first-order valence-corrected chi connectivity index (χ1v) is 8.54. The number of hydrogen-bond acceptors (Lipinski definition) is 4. The van der Waals surface area contributed by atoms with Crippen LogP contribution in [0.2, 0.25) is 0 Å². The van der Waals surface area contributed by atoms with Crippen molar-refractivity contribution >= 4 is 18.3 Å². The Morgan fingerprint density at radius 1 is 1.27 bits per heavy atom. The summed E-state index contributed by atoms with van der Waals surface area (Å²) >= 11 is 0. The monoisotopic (exact) mass is 353 g/mol. The summed E-state index contributed by atoms with van der Waals surface area (Å²) in [5.74, 6) is -1.10. The Morgan fingerprint density at radius 3 is 2.62 bits per heavy atom. The van der Waals surface area contributed by atoms with Crippen LogP contribution in [-0.2, 0) is 14.3 Å². The third kappa shape index (κ3) is 2.59. The summed E-state index contributed by atoms with van der Waals surface area (Å²) in [5, 5.41) is 10.1. The third-order valence-corrected chi connectivity index (χ3v) is 5.39. The van der Waals surface area contributed by atoms with Gasteiger partial charge >= 0.3 is 5.97 Å². The number of carboxylic acids is 1. The molecule has 1 N–H and O–H groups in total. The van der Waals surface area contributed by atoms with E-state index in [0.29, 0.717) is 5.57 Å². The topological polar surface area (TPSA) is 66.8 Å². The second-order valence-corrected chi connectivity index (χ2v) is 7.22. The molecule has 5 heteroatoms. The molecule has 3 rings (SSSR count). The first-order valence-electron chi connectivity index (χ1n) is 8.54. The number of carboxylic acid groups (broad SMARTS) is 1. The minimum absolute atomic E-state index is 0.0726. The Labute approximate surface area is 153 Å². The van der Waals surface area contributed by atoms with Gasteiger partial charge in [-0.25, -0.2) is 4.79 Å². The molecule has 0 spiro atoms. The Kier molecular flexibility index (Phi) is 4.59. The first-order chi connectivity index (χ1) is 12.4. The van der Waals surface area contributed by atoms with Gasteiger partial charge in [0, 0.05) is 31.3 Å². The van der Waals surface area contributed by atoms with Gasteiger partial charge in [0.15, 0.2) is 5.60 Å². The molecule has 0 bridgehead atoms. The minimum atomic E-state index is -1.62. The van der Waals surface area contributed by atoms with Crippen LogP contribution in [0.5, 0.6) is 0 Å². The molecule has 0 aromatic heterocycles. The average Bonchev–Trinajstić information content (AvgIpc) is 2.62. The molecule has 0 amide bonds. The molecule has 2 aliphatic heterocycles. The SMILES string of the molecule is COC(C(=O)O)(C1=CC2c3ccccc3C=CN2C=C1)C(C)(C)CC=O. The third-order valence-electron chi connectivity index (χ3n) is 5.39. The molecule has 2 aliphatic rings. The van der Waals surface area contributed by atoms with Crippen molar-refractivity contribution in [2.45, 2.75) is 31.9 Å². The number of nitrogens with zero attached hydrogens (tertiary/aromatic N) is 1. The van der Waals surface area contributed by atoms with Gasteiger partial charge in [-0.2, -0.15) is 0 Å². The van der Waals surface area contributed by atoms with E-state index in [0.717, 1.165) is 17.4 Å². The van der Waals surface area contributed by atoms with Gasteiger partial charge in [-0.1, -0.05) is 44.2 Å². The van der Waals surface area contributed by atoms with Gasteiger partial charge < -0.3 is 19.5 Å². The largest absolute Gasteiger partial charge is 0.479 e. The van der Waals surface area contributed by atoms with Crippen molar-refractivity contribution in [3.8, 4) is 0 Å². The summed E-state index contributed by atoms with van der Waals surface area (Å²) in [6.45, 7) is 3.49. The number of carbonyl (C=O) groups excluding carboxylic acids is 1. The first kappa shape index (κ1) is 18.1. The molecule has 0 saturated carbocycles. The minimum Gasteiger partial charge on any atom is -0.479 e. The average molecular weight is 353 g/mol. The van der Waals surface area contributed by atoms with Crippen LogP contribution in [0.1, 0.15) is 37.4 Å². The molecule has 2 atom stereocenters. The number of fused-ring (bicyclic) bond motifs is 3. The fraction of sp³-hybridized carbons (Fsp3) is 0.333. The van der Waals surface area contributed by atoms with E-state index >= 15 is 0 Å². The molecule has 0 radical (unpaired) electrons. The maximum absolute atomic E-state index is 12.3. The summed E-state index contributed by atoms with van der Waals surface area (Å²) in [6.07, 6.45) is 10.4. The zero-order valence-electron chi connectivity index (χ0n) is 15.2. The molecule has 5 nitrogen and oxygen atoms in total. The van der Waals surface area contributed by atoms with Crippen LogP contribution in [0.15, 0.2) is 54.4 Å². The molecule has 26 heavy (non-hydrogen) atoms. The van der Waals surface area contributed by atoms with E-state index in [4.69, 9.17) is 4.74 Å². The summed E-state index contributed by atoms with van der Waals surface area (Å²) in [4.78, 5) is 25.5. The predicted molar refractivity (Wildman–Crippen MR) is 99.1 cm³/mol. The zero-order chi connectivity index (χ0) is 18.9. The smallest absolute Gasteiger partial charge is 0.341 e. The van der Waals surface area contributed by atoms with Crippen LogP contribution in [0.3, 0.4) is 0 Å². The van der Waals surface area contributed by atoms with Crippen molar-refractivity contribution in [2.75, 3.05) is 7.11 Å². The van der Waals surface area contributed by atoms with Gasteiger partial charge in [-0.3, -0.25) is 0 Å². The Bertz CT molecular complexity index is 821. The van der Waals surface area contributed by atoms with Gasteiger partial charge in [-0.15, -0.1) is 0 Å².